The quantitative estimate of drug-likeness (QED) is 0.813. The average Bonchev–Trinajstić information content (AvgIpc) is 2.02. The Balaban J connectivity index is 0.00000169. The van der Waals surface area contributed by atoms with Gasteiger partial charge >= 0.3 is 0 Å². The van der Waals surface area contributed by atoms with Crippen molar-refractivity contribution in [2.24, 2.45) is 5.73 Å². The molecule has 0 radical (unpaired) electrons. The summed E-state index contributed by atoms with van der Waals surface area (Å²) in [5.74, 6) is -2.63. The van der Waals surface area contributed by atoms with Crippen molar-refractivity contribution in [3.8, 4) is 5.75 Å². The van der Waals surface area contributed by atoms with Crippen LogP contribution < -0.4 is 5.73 Å². The van der Waals surface area contributed by atoms with Crippen LogP contribution >= 0.6 is 12.4 Å². The molecule has 6 heteroatoms. The van der Waals surface area contributed by atoms with Crippen LogP contribution in [0.15, 0.2) is 12.1 Å². The molecule has 1 atom stereocenters. The summed E-state index contributed by atoms with van der Waals surface area (Å²) < 4.78 is 37.4. The number of halogens is 4. The summed E-state index contributed by atoms with van der Waals surface area (Å²) in [6.07, 6.45) is 0. The van der Waals surface area contributed by atoms with Gasteiger partial charge in [0.15, 0.2) is 0 Å². The zero-order valence-corrected chi connectivity index (χ0v) is 7.82. The molecule has 0 fully saturated rings. The van der Waals surface area contributed by atoms with Crippen LogP contribution in [0.2, 0.25) is 0 Å². The van der Waals surface area contributed by atoms with Gasteiger partial charge in [0.05, 0.1) is 6.04 Å². The molecule has 80 valence electrons. The number of phenols is 1. The van der Waals surface area contributed by atoms with E-state index in [1.807, 2.05) is 0 Å². The fourth-order valence-corrected chi connectivity index (χ4v) is 1.02. The molecule has 0 aliphatic carbocycles. The highest BCUT2D eigenvalue weighted by molar-refractivity contribution is 5.85. The van der Waals surface area contributed by atoms with E-state index in [1.165, 1.54) is 0 Å². The Hall–Kier alpha value is -0.940. The number of rotatable bonds is 2. The lowest BCUT2D eigenvalue weighted by molar-refractivity contribution is 0.397. The van der Waals surface area contributed by atoms with Crippen LogP contribution in [0.5, 0.6) is 5.75 Å². The van der Waals surface area contributed by atoms with Gasteiger partial charge in [-0.1, -0.05) is 0 Å². The van der Waals surface area contributed by atoms with Gasteiger partial charge in [-0.15, -0.1) is 12.4 Å². The molecule has 0 aliphatic heterocycles. The third-order valence-corrected chi connectivity index (χ3v) is 1.61. The van der Waals surface area contributed by atoms with E-state index < -0.39 is 35.7 Å². The van der Waals surface area contributed by atoms with Gasteiger partial charge in [0.2, 0.25) is 0 Å². The minimum Gasteiger partial charge on any atom is -0.507 e. The molecule has 1 aromatic rings. The molecule has 0 unspecified atom stereocenters. The number of alkyl halides is 1. The van der Waals surface area contributed by atoms with Crippen molar-refractivity contribution in [3.63, 3.8) is 0 Å². The van der Waals surface area contributed by atoms with Crippen molar-refractivity contribution in [2.45, 2.75) is 6.04 Å². The van der Waals surface area contributed by atoms with Gasteiger partial charge in [-0.05, 0) is 0 Å². The Kier molecular flexibility index (Phi) is 4.73. The summed E-state index contributed by atoms with van der Waals surface area (Å²) in [5.41, 5.74) is 4.75. The molecular weight excluding hydrogens is 219 g/mol. The number of phenolic OH excluding ortho intramolecular Hbond substituents is 1. The molecule has 0 heterocycles. The monoisotopic (exact) mass is 227 g/mol. The minimum absolute atomic E-state index is 0. The van der Waals surface area contributed by atoms with Crippen molar-refractivity contribution in [2.75, 3.05) is 6.67 Å². The summed E-state index contributed by atoms with van der Waals surface area (Å²) in [6, 6.07) is -0.0287. The van der Waals surface area contributed by atoms with Crippen LogP contribution in [0, 0.1) is 11.6 Å². The van der Waals surface area contributed by atoms with Gasteiger partial charge in [-0.3, -0.25) is 0 Å². The topological polar surface area (TPSA) is 46.2 Å². The van der Waals surface area contributed by atoms with E-state index in [0.29, 0.717) is 12.1 Å². The maximum absolute atomic E-state index is 12.9. The molecule has 2 nitrogen and oxygen atoms in total. The smallest absolute Gasteiger partial charge is 0.134 e. The van der Waals surface area contributed by atoms with E-state index in [1.54, 1.807) is 0 Å². The highest BCUT2D eigenvalue weighted by Gasteiger charge is 2.17. The second-order valence-electron chi connectivity index (χ2n) is 2.58. The largest absolute Gasteiger partial charge is 0.507 e. The second kappa shape index (κ2) is 5.07. The first kappa shape index (κ1) is 13.1. The number of aromatic hydroxyl groups is 1. The molecule has 3 N–H and O–H groups in total. The Bertz CT molecular complexity index is 298. The fraction of sp³-hybridized carbons (Fsp3) is 0.250. The lowest BCUT2D eigenvalue weighted by Gasteiger charge is -2.10. The number of hydrogen-bond donors (Lipinski definition) is 2. The third-order valence-electron chi connectivity index (χ3n) is 1.61. The van der Waals surface area contributed by atoms with Gasteiger partial charge in [-0.25, -0.2) is 13.2 Å². The summed E-state index contributed by atoms with van der Waals surface area (Å²) in [4.78, 5) is 0. The minimum atomic E-state index is -1.26. The van der Waals surface area contributed by atoms with Crippen molar-refractivity contribution in [1.29, 1.82) is 0 Å². The lowest BCUT2D eigenvalue weighted by atomic mass is 10.1. The number of hydrogen-bond acceptors (Lipinski definition) is 2. The molecule has 14 heavy (non-hydrogen) atoms. The van der Waals surface area contributed by atoms with Crippen LogP contribution in [0.25, 0.3) is 0 Å². The molecule has 0 aromatic heterocycles. The van der Waals surface area contributed by atoms with Crippen LogP contribution in [0.4, 0.5) is 13.2 Å². The summed E-state index contributed by atoms with van der Waals surface area (Å²) in [6.45, 7) is -1.02. The number of nitrogens with two attached hydrogens (primary N) is 1. The Morgan fingerprint density at radius 1 is 1.36 bits per heavy atom. The van der Waals surface area contributed by atoms with Crippen molar-refractivity contribution in [1.82, 2.24) is 0 Å². The van der Waals surface area contributed by atoms with Crippen molar-refractivity contribution < 1.29 is 18.3 Å². The Labute approximate surface area is 84.9 Å². The van der Waals surface area contributed by atoms with Crippen LogP contribution in [-0.2, 0) is 0 Å². The predicted molar refractivity (Wildman–Crippen MR) is 48.2 cm³/mol. The van der Waals surface area contributed by atoms with E-state index >= 15 is 0 Å². The maximum atomic E-state index is 12.9. The molecule has 1 rings (SSSR count). The molecule has 1 aromatic carbocycles. The Morgan fingerprint density at radius 2 is 1.93 bits per heavy atom. The van der Waals surface area contributed by atoms with E-state index in [-0.39, 0.29) is 12.4 Å². The first-order chi connectivity index (χ1) is 6.06. The third kappa shape index (κ3) is 2.52. The maximum Gasteiger partial charge on any atom is 0.134 e. The zero-order valence-electron chi connectivity index (χ0n) is 7.01. The SMILES string of the molecule is Cl.N[C@H](CF)c1c(O)cc(F)cc1F. The normalized spacial score (nSPS) is 12.0. The van der Waals surface area contributed by atoms with Gasteiger partial charge < -0.3 is 10.8 Å². The van der Waals surface area contributed by atoms with E-state index in [2.05, 4.69) is 0 Å². The van der Waals surface area contributed by atoms with Crippen molar-refractivity contribution >= 4 is 12.4 Å². The molecule has 0 bridgehead atoms. The van der Waals surface area contributed by atoms with Crippen LogP contribution in [-0.4, -0.2) is 11.8 Å². The molecule has 0 spiro atoms. The highest BCUT2D eigenvalue weighted by Crippen LogP contribution is 2.26. The Morgan fingerprint density at radius 3 is 2.36 bits per heavy atom. The second-order valence-corrected chi connectivity index (χ2v) is 2.58. The lowest BCUT2D eigenvalue weighted by Crippen LogP contribution is -2.14. The van der Waals surface area contributed by atoms with Gasteiger partial charge in [-0.2, -0.15) is 0 Å². The average molecular weight is 228 g/mol. The van der Waals surface area contributed by atoms with E-state index in [9.17, 15) is 13.2 Å². The first-order valence-corrected chi connectivity index (χ1v) is 3.55. The van der Waals surface area contributed by atoms with Crippen molar-refractivity contribution in [3.05, 3.63) is 29.3 Å². The summed E-state index contributed by atoms with van der Waals surface area (Å²) >= 11 is 0. The van der Waals surface area contributed by atoms with Gasteiger partial charge in [0.1, 0.15) is 24.1 Å². The van der Waals surface area contributed by atoms with Gasteiger partial charge in [0, 0.05) is 17.7 Å². The molecule has 0 saturated carbocycles. The highest BCUT2D eigenvalue weighted by atomic mass is 35.5. The molecule has 0 aliphatic rings. The van der Waals surface area contributed by atoms with Gasteiger partial charge in [0.25, 0.3) is 0 Å². The van der Waals surface area contributed by atoms with Crippen LogP contribution in [0.1, 0.15) is 11.6 Å². The fourth-order valence-electron chi connectivity index (χ4n) is 1.02. The first-order valence-electron chi connectivity index (χ1n) is 3.55. The number of benzene rings is 1. The van der Waals surface area contributed by atoms with E-state index in [4.69, 9.17) is 10.8 Å². The van der Waals surface area contributed by atoms with E-state index in [0.717, 1.165) is 0 Å². The molecular formula is C8H9ClF3NO. The molecule has 0 saturated heterocycles. The zero-order chi connectivity index (χ0) is 10.0. The van der Waals surface area contributed by atoms with Crippen LogP contribution in [0.3, 0.4) is 0 Å². The standard InChI is InChI=1S/C8H8F3NO.ClH/c9-3-6(12)8-5(11)1-4(10)2-7(8)13;/h1-2,6,13H,3,12H2;1H/t6-;/m1./s1. The summed E-state index contributed by atoms with van der Waals surface area (Å²) in [7, 11) is 0. The molecule has 0 amide bonds. The summed E-state index contributed by atoms with van der Waals surface area (Å²) in [5, 5.41) is 9.05. The predicted octanol–water partition coefficient (Wildman–Crippen LogP) is 2.06.